The molecule has 0 fully saturated rings. The zero-order chi connectivity index (χ0) is 28.6. The molecule has 0 aromatic heterocycles. The first-order valence-electron chi connectivity index (χ1n) is 12.8. The van der Waals surface area contributed by atoms with E-state index in [1.807, 2.05) is 69.3 Å². The third-order valence-electron chi connectivity index (χ3n) is 6.23. The molecule has 1 atom stereocenters. The fourth-order valence-electron chi connectivity index (χ4n) is 4.29. The summed E-state index contributed by atoms with van der Waals surface area (Å²) in [6.45, 7) is 5.84. The SMILES string of the molecule is COc1ccc(CCC(=O)N(Cc2c(Cl)cccc2Cl)C(Cc2ccccc2)C(=O)NC(C)(C)C)cc1OC. The summed E-state index contributed by atoms with van der Waals surface area (Å²) in [7, 11) is 3.15. The number of ether oxygens (including phenoxy) is 2. The van der Waals surface area contributed by atoms with Gasteiger partial charge in [-0.15, -0.1) is 0 Å². The average Bonchev–Trinajstić information content (AvgIpc) is 2.90. The number of halogens is 2. The van der Waals surface area contributed by atoms with Crippen molar-refractivity contribution in [1.29, 1.82) is 0 Å². The molecule has 6 nitrogen and oxygen atoms in total. The fraction of sp³-hybridized carbons (Fsp3) is 0.355. The molecule has 3 rings (SSSR count). The first-order chi connectivity index (χ1) is 18.5. The van der Waals surface area contributed by atoms with E-state index in [1.54, 1.807) is 37.3 Å². The first-order valence-corrected chi connectivity index (χ1v) is 13.6. The van der Waals surface area contributed by atoms with Crippen molar-refractivity contribution >= 4 is 35.0 Å². The van der Waals surface area contributed by atoms with Gasteiger partial charge in [0.15, 0.2) is 11.5 Å². The summed E-state index contributed by atoms with van der Waals surface area (Å²) in [6.07, 6.45) is 0.962. The van der Waals surface area contributed by atoms with E-state index in [0.29, 0.717) is 39.9 Å². The van der Waals surface area contributed by atoms with Crippen molar-refractivity contribution < 1.29 is 19.1 Å². The molecular weight excluding hydrogens is 535 g/mol. The van der Waals surface area contributed by atoms with E-state index in [9.17, 15) is 9.59 Å². The summed E-state index contributed by atoms with van der Waals surface area (Å²) in [4.78, 5) is 29.2. The van der Waals surface area contributed by atoms with Crippen LogP contribution in [0.25, 0.3) is 0 Å². The van der Waals surface area contributed by atoms with Gasteiger partial charge in [-0.25, -0.2) is 0 Å². The van der Waals surface area contributed by atoms with Gasteiger partial charge in [0.2, 0.25) is 11.8 Å². The van der Waals surface area contributed by atoms with Crippen molar-refractivity contribution in [2.75, 3.05) is 14.2 Å². The summed E-state index contributed by atoms with van der Waals surface area (Å²) in [5, 5.41) is 3.94. The number of hydrogen-bond donors (Lipinski definition) is 1. The van der Waals surface area contributed by atoms with Crippen LogP contribution < -0.4 is 14.8 Å². The van der Waals surface area contributed by atoms with Crippen LogP contribution in [-0.2, 0) is 29.0 Å². The molecule has 8 heteroatoms. The second-order valence-corrected chi connectivity index (χ2v) is 11.2. The van der Waals surface area contributed by atoms with Gasteiger partial charge in [0.05, 0.1) is 14.2 Å². The summed E-state index contributed by atoms with van der Waals surface area (Å²) >= 11 is 13.0. The van der Waals surface area contributed by atoms with Gasteiger partial charge >= 0.3 is 0 Å². The number of amides is 2. The Balaban J connectivity index is 1.97. The largest absolute Gasteiger partial charge is 0.493 e. The lowest BCUT2D eigenvalue weighted by atomic mass is 9.99. The monoisotopic (exact) mass is 570 g/mol. The number of carbonyl (C=O) groups excluding carboxylic acids is 2. The number of hydrogen-bond acceptors (Lipinski definition) is 4. The Morgan fingerprint density at radius 1 is 0.872 bits per heavy atom. The van der Waals surface area contributed by atoms with E-state index >= 15 is 0 Å². The Labute approximate surface area is 241 Å². The van der Waals surface area contributed by atoms with Gasteiger partial charge in [0.1, 0.15) is 6.04 Å². The van der Waals surface area contributed by atoms with Crippen molar-refractivity contribution in [2.24, 2.45) is 0 Å². The zero-order valence-electron chi connectivity index (χ0n) is 23.1. The molecule has 208 valence electrons. The number of benzene rings is 3. The third kappa shape index (κ3) is 8.64. The van der Waals surface area contributed by atoms with E-state index in [2.05, 4.69) is 5.32 Å². The molecule has 0 aliphatic rings. The van der Waals surface area contributed by atoms with Gasteiger partial charge in [-0.1, -0.05) is 65.7 Å². The highest BCUT2D eigenvalue weighted by Gasteiger charge is 2.32. The van der Waals surface area contributed by atoms with Gasteiger partial charge in [-0.3, -0.25) is 9.59 Å². The highest BCUT2D eigenvalue weighted by atomic mass is 35.5. The van der Waals surface area contributed by atoms with E-state index in [-0.39, 0.29) is 24.8 Å². The molecule has 1 N–H and O–H groups in total. The Bertz CT molecular complexity index is 1260. The minimum absolute atomic E-state index is 0.0956. The number of rotatable bonds is 11. The molecule has 2 amide bonds. The van der Waals surface area contributed by atoms with E-state index < -0.39 is 11.6 Å². The van der Waals surface area contributed by atoms with Crippen LogP contribution in [0.2, 0.25) is 10.0 Å². The van der Waals surface area contributed by atoms with Crippen LogP contribution in [0.5, 0.6) is 11.5 Å². The Kier molecular flexibility index (Phi) is 10.7. The smallest absolute Gasteiger partial charge is 0.243 e. The predicted molar refractivity (Wildman–Crippen MR) is 157 cm³/mol. The van der Waals surface area contributed by atoms with Crippen LogP contribution in [0.4, 0.5) is 0 Å². The molecule has 0 bridgehead atoms. The molecule has 0 radical (unpaired) electrons. The molecule has 0 saturated carbocycles. The highest BCUT2D eigenvalue weighted by Crippen LogP contribution is 2.30. The lowest BCUT2D eigenvalue weighted by Gasteiger charge is -2.34. The van der Waals surface area contributed by atoms with Crippen LogP contribution >= 0.6 is 23.2 Å². The van der Waals surface area contributed by atoms with Crippen molar-refractivity contribution in [1.82, 2.24) is 10.2 Å². The first kappa shape index (κ1) is 30.3. The Morgan fingerprint density at radius 2 is 1.51 bits per heavy atom. The van der Waals surface area contributed by atoms with Crippen molar-refractivity contribution in [3.05, 3.63) is 93.5 Å². The van der Waals surface area contributed by atoms with Gasteiger partial charge in [0.25, 0.3) is 0 Å². The topological polar surface area (TPSA) is 67.9 Å². The van der Waals surface area contributed by atoms with Crippen molar-refractivity contribution in [3.8, 4) is 11.5 Å². The summed E-state index contributed by atoms with van der Waals surface area (Å²) < 4.78 is 10.7. The summed E-state index contributed by atoms with van der Waals surface area (Å²) in [5.74, 6) is 0.776. The number of nitrogens with zero attached hydrogens (tertiary/aromatic N) is 1. The lowest BCUT2D eigenvalue weighted by molar-refractivity contribution is -0.141. The maximum atomic E-state index is 13.9. The van der Waals surface area contributed by atoms with Crippen molar-refractivity contribution in [3.63, 3.8) is 0 Å². The molecule has 39 heavy (non-hydrogen) atoms. The second kappa shape index (κ2) is 13.7. The van der Waals surface area contributed by atoms with Crippen LogP contribution in [0.3, 0.4) is 0 Å². The van der Waals surface area contributed by atoms with Crippen LogP contribution in [0.15, 0.2) is 66.7 Å². The Hall–Kier alpha value is -3.22. The van der Waals surface area contributed by atoms with Gasteiger partial charge < -0.3 is 19.7 Å². The quantitative estimate of drug-likeness (QED) is 0.286. The molecule has 0 aliphatic carbocycles. The van der Waals surface area contributed by atoms with Gasteiger partial charge in [-0.05, 0) is 62.6 Å². The number of nitrogens with one attached hydrogen (secondary N) is 1. The van der Waals surface area contributed by atoms with E-state index in [1.165, 1.54) is 0 Å². The molecule has 0 saturated heterocycles. The minimum atomic E-state index is -0.781. The maximum Gasteiger partial charge on any atom is 0.243 e. The summed E-state index contributed by atoms with van der Waals surface area (Å²) in [5.41, 5.74) is 1.97. The zero-order valence-corrected chi connectivity index (χ0v) is 24.6. The molecular formula is C31H36Cl2N2O4. The molecule has 3 aromatic carbocycles. The van der Waals surface area contributed by atoms with Gasteiger partial charge in [0, 0.05) is 40.5 Å². The van der Waals surface area contributed by atoms with Crippen molar-refractivity contribution in [2.45, 2.75) is 58.2 Å². The maximum absolute atomic E-state index is 13.9. The molecule has 0 heterocycles. The number of carbonyl (C=O) groups is 2. The molecule has 0 spiro atoms. The molecule has 0 aliphatic heterocycles. The molecule has 1 unspecified atom stereocenters. The Morgan fingerprint density at radius 3 is 2.10 bits per heavy atom. The third-order valence-corrected chi connectivity index (χ3v) is 6.94. The standard InChI is InChI=1S/C31H36Cl2N2O4/c1-31(2,3)34-30(37)26(18-21-10-7-6-8-11-21)35(20-23-24(32)12-9-13-25(23)33)29(36)17-15-22-14-16-27(38-4)28(19-22)39-5/h6-14,16,19,26H,15,17-18,20H2,1-5H3,(H,34,37). The average molecular weight is 572 g/mol. The van der Waals surface area contributed by atoms with Gasteiger partial charge in [-0.2, -0.15) is 0 Å². The molecule has 3 aromatic rings. The van der Waals surface area contributed by atoms with E-state index in [4.69, 9.17) is 32.7 Å². The predicted octanol–water partition coefficient (Wildman–Crippen LogP) is 6.50. The normalized spacial score (nSPS) is 12.0. The minimum Gasteiger partial charge on any atom is -0.493 e. The lowest BCUT2D eigenvalue weighted by Crippen LogP contribution is -2.54. The van der Waals surface area contributed by atoms with Crippen LogP contribution in [0.1, 0.15) is 43.9 Å². The van der Waals surface area contributed by atoms with E-state index in [0.717, 1.165) is 11.1 Å². The number of methoxy groups -OCH3 is 2. The van der Waals surface area contributed by atoms with Crippen LogP contribution in [0, 0.1) is 0 Å². The fourth-order valence-corrected chi connectivity index (χ4v) is 4.81. The van der Waals surface area contributed by atoms with Crippen LogP contribution in [-0.4, -0.2) is 42.5 Å². The highest BCUT2D eigenvalue weighted by molar-refractivity contribution is 6.36. The summed E-state index contributed by atoms with van der Waals surface area (Å²) in [6, 6.07) is 19.7. The second-order valence-electron chi connectivity index (χ2n) is 10.4. The number of aryl methyl sites for hydroxylation is 1.